The van der Waals surface area contributed by atoms with E-state index in [0.717, 1.165) is 12.0 Å². The fourth-order valence-corrected chi connectivity index (χ4v) is 3.78. The molecule has 4 rings (SSSR count). The van der Waals surface area contributed by atoms with E-state index in [1.54, 1.807) is 5.01 Å². The first-order chi connectivity index (χ1) is 13.8. The van der Waals surface area contributed by atoms with Crippen molar-refractivity contribution in [2.75, 3.05) is 0 Å². The number of nitrogens with zero attached hydrogens (tertiary/aromatic N) is 2. The summed E-state index contributed by atoms with van der Waals surface area (Å²) in [5, 5.41) is 3.99. The summed E-state index contributed by atoms with van der Waals surface area (Å²) in [6.45, 7) is 2.86. The Morgan fingerprint density at radius 1 is 0.821 bits per heavy atom. The lowest BCUT2D eigenvalue weighted by Gasteiger charge is -2.32. The highest BCUT2D eigenvalue weighted by Gasteiger charge is 2.36. The largest absolute Gasteiger partial charge is 0.272 e. The van der Waals surface area contributed by atoms with E-state index in [-0.39, 0.29) is 11.9 Å². The van der Waals surface area contributed by atoms with E-state index in [1.165, 1.54) is 11.1 Å². The Morgan fingerprint density at radius 3 is 2.00 bits per heavy atom. The van der Waals surface area contributed by atoms with Crippen LogP contribution in [0.1, 0.15) is 34.8 Å². The summed E-state index contributed by atoms with van der Waals surface area (Å²) in [4.78, 5) is 13.3. The molecule has 0 aliphatic carbocycles. The summed E-state index contributed by atoms with van der Waals surface area (Å²) in [7, 11) is 0. The van der Waals surface area contributed by atoms with Crippen molar-refractivity contribution in [3.63, 3.8) is 0 Å². The molecule has 0 saturated heterocycles. The van der Waals surface area contributed by atoms with Crippen molar-refractivity contribution in [1.82, 2.24) is 10.0 Å². The number of carbonyl (C=O) groups is 1. The van der Waals surface area contributed by atoms with Crippen LogP contribution in [-0.4, -0.2) is 22.0 Å². The predicted octanol–water partition coefficient (Wildman–Crippen LogP) is 5.38. The average Bonchev–Trinajstić information content (AvgIpc) is 3.13. The zero-order valence-corrected chi connectivity index (χ0v) is 16.0. The molecule has 0 aromatic heterocycles. The maximum Gasteiger partial charge on any atom is 0.272 e. The van der Waals surface area contributed by atoms with Crippen LogP contribution in [0.5, 0.6) is 0 Å². The molecule has 28 heavy (non-hydrogen) atoms. The zero-order chi connectivity index (χ0) is 19.3. The lowest BCUT2D eigenvalue weighted by molar-refractivity contribution is 0.0102. The van der Waals surface area contributed by atoms with Crippen molar-refractivity contribution in [3.05, 3.63) is 114 Å². The van der Waals surface area contributed by atoms with Gasteiger partial charge in [0.25, 0.3) is 5.91 Å². The first kappa shape index (κ1) is 18.2. The van der Waals surface area contributed by atoms with E-state index in [1.807, 2.05) is 72.9 Å². The van der Waals surface area contributed by atoms with Gasteiger partial charge in [0.2, 0.25) is 0 Å². The van der Waals surface area contributed by atoms with Gasteiger partial charge in [0, 0.05) is 18.3 Å². The minimum atomic E-state index is 0.000845. The van der Waals surface area contributed by atoms with Crippen LogP contribution in [0.3, 0.4) is 0 Å². The van der Waals surface area contributed by atoms with Crippen LogP contribution < -0.4 is 0 Å². The fourth-order valence-electron chi connectivity index (χ4n) is 3.78. The molecular weight excluding hydrogens is 344 g/mol. The van der Waals surface area contributed by atoms with Crippen molar-refractivity contribution < 1.29 is 4.79 Å². The standard InChI is InChI=1S/C25H24N2O/c1-2-24-23(21-14-8-4-9-15-21)19-27(25(28)22-16-10-5-11-17-22)26(24)18-20-12-6-3-7-13-20/h3-17,19,24H,2,18H2,1H3/t24-/m1/s1. The summed E-state index contributed by atoms with van der Waals surface area (Å²) in [6.07, 6.45) is 2.94. The average molecular weight is 368 g/mol. The molecule has 1 atom stereocenters. The molecule has 0 spiro atoms. The second-order valence-electron chi connectivity index (χ2n) is 6.97. The van der Waals surface area contributed by atoms with Crippen molar-refractivity contribution in [2.24, 2.45) is 0 Å². The zero-order valence-electron chi connectivity index (χ0n) is 16.0. The van der Waals surface area contributed by atoms with Gasteiger partial charge in [-0.3, -0.25) is 4.79 Å². The van der Waals surface area contributed by atoms with Crippen LogP contribution in [0.2, 0.25) is 0 Å². The maximum atomic E-state index is 13.3. The molecule has 1 heterocycles. The predicted molar refractivity (Wildman–Crippen MR) is 113 cm³/mol. The molecule has 3 aromatic carbocycles. The van der Waals surface area contributed by atoms with E-state index in [4.69, 9.17) is 0 Å². The number of amides is 1. The van der Waals surface area contributed by atoms with Gasteiger partial charge in [-0.2, -0.15) is 0 Å². The highest BCUT2D eigenvalue weighted by molar-refractivity contribution is 5.96. The minimum Gasteiger partial charge on any atom is -0.267 e. The Bertz CT molecular complexity index is 952. The van der Waals surface area contributed by atoms with Crippen LogP contribution in [0, 0.1) is 0 Å². The quantitative estimate of drug-likeness (QED) is 0.604. The molecule has 1 aliphatic rings. The van der Waals surface area contributed by atoms with Crippen molar-refractivity contribution >= 4 is 11.5 Å². The van der Waals surface area contributed by atoms with Gasteiger partial charge in [-0.1, -0.05) is 85.8 Å². The van der Waals surface area contributed by atoms with Gasteiger partial charge >= 0.3 is 0 Å². The lowest BCUT2D eigenvalue weighted by Crippen LogP contribution is -2.44. The van der Waals surface area contributed by atoms with Gasteiger partial charge in [-0.15, -0.1) is 0 Å². The first-order valence-corrected chi connectivity index (χ1v) is 9.74. The van der Waals surface area contributed by atoms with Crippen LogP contribution in [0.4, 0.5) is 0 Å². The molecule has 140 valence electrons. The Hall–Kier alpha value is -3.17. The van der Waals surface area contributed by atoms with E-state index < -0.39 is 0 Å². The Kier molecular flexibility index (Phi) is 5.36. The summed E-state index contributed by atoms with van der Waals surface area (Å²) in [5.74, 6) is 0.000845. The smallest absolute Gasteiger partial charge is 0.267 e. The van der Waals surface area contributed by atoms with Crippen LogP contribution in [-0.2, 0) is 6.54 Å². The molecule has 0 N–H and O–H groups in total. The SMILES string of the molecule is CC[C@@H]1C(c2ccccc2)=CN(C(=O)c2ccccc2)N1Cc1ccccc1. The highest BCUT2D eigenvalue weighted by Crippen LogP contribution is 2.34. The highest BCUT2D eigenvalue weighted by atomic mass is 16.2. The number of hydrogen-bond donors (Lipinski definition) is 0. The lowest BCUT2D eigenvalue weighted by atomic mass is 9.98. The molecule has 1 aliphatic heterocycles. The van der Waals surface area contributed by atoms with Crippen molar-refractivity contribution in [1.29, 1.82) is 0 Å². The molecule has 0 radical (unpaired) electrons. The first-order valence-electron chi connectivity index (χ1n) is 9.74. The summed E-state index contributed by atoms with van der Waals surface area (Å²) < 4.78 is 0. The van der Waals surface area contributed by atoms with E-state index in [9.17, 15) is 4.79 Å². The van der Waals surface area contributed by atoms with Crippen molar-refractivity contribution in [2.45, 2.75) is 25.9 Å². The van der Waals surface area contributed by atoms with Crippen LogP contribution in [0.25, 0.3) is 5.57 Å². The monoisotopic (exact) mass is 368 g/mol. The van der Waals surface area contributed by atoms with Gasteiger partial charge in [0.1, 0.15) is 0 Å². The fraction of sp³-hybridized carbons (Fsp3) is 0.160. The van der Waals surface area contributed by atoms with Crippen molar-refractivity contribution in [3.8, 4) is 0 Å². The number of rotatable bonds is 5. The van der Waals surface area contributed by atoms with Crippen LogP contribution >= 0.6 is 0 Å². The minimum absolute atomic E-state index is 0.000845. The van der Waals surface area contributed by atoms with Crippen LogP contribution in [0.15, 0.2) is 97.2 Å². The third kappa shape index (κ3) is 3.62. The number of hydrogen-bond acceptors (Lipinski definition) is 2. The molecule has 0 unspecified atom stereocenters. The molecule has 0 saturated carbocycles. The van der Waals surface area contributed by atoms with E-state index in [0.29, 0.717) is 12.1 Å². The number of benzene rings is 3. The molecule has 3 nitrogen and oxygen atoms in total. The van der Waals surface area contributed by atoms with Gasteiger partial charge in [-0.05, 0) is 35.3 Å². The summed E-state index contributed by atoms with van der Waals surface area (Å²) in [6, 6.07) is 30.3. The van der Waals surface area contributed by atoms with Gasteiger partial charge in [0.15, 0.2) is 0 Å². The Morgan fingerprint density at radius 2 is 1.39 bits per heavy atom. The molecule has 1 amide bonds. The summed E-state index contributed by atoms with van der Waals surface area (Å²) >= 11 is 0. The number of carbonyl (C=O) groups excluding carboxylic acids is 1. The van der Waals surface area contributed by atoms with E-state index in [2.05, 4.69) is 36.2 Å². The normalized spacial score (nSPS) is 16.8. The third-order valence-electron chi connectivity index (χ3n) is 5.17. The Labute approximate surface area is 166 Å². The molecule has 0 fully saturated rings. The molecule has 3 heteroatoms. The second-order valence-corrected chi connectivity index (χ2v) is 6.97. The maximum absolute atomic E-state index is 13.3. The molecular formula is C25H24N2O. The topological polar surface area (TPSA) is 23.6 Å². The van der Waals surface area contributed by atoms with E-state index >= 15 is 0 Å². The molecule has 3 aromatic rings. The Balaban J connectivity index is 1.73. The summed E-state index contributed by atoms with van der Waals surface area (Å²) in [5.41, 5.74) is 4.23. The second kappa shape index (κ2) is 8.24. The van der Waals surface area contributed by atoms with Gasteiger partial charge < -0.3 is 0 Å². The third-order valence-corrected chi connectivity index (χ3v) is 5.17. The molecule has 0 bridgehead atoms. The van der Waals surface area contributed by atoms with Gasteiger partial charge in [0.05, 0.1) is 6.04 Å². The number of hydrazine groups is 1. The van der Waals surface area contributed by atoms with Gasteiger partial charge in [-0.25, -0.2) is 10.0 Å².